The van der Waals surface area contributed by atoms with Gasteiger partial charge in [0.2, 0.25) is 0 Å². The van der Waals surface area contributed by atoms with E-state index in [4.69, 9.17) is 5.11 Å². The minimum atomic E-state index is -0.642. The number of hydrogen-bond acceptors (Lipinski definition) is 2. The second kappa shape index (κ2) is 3.14. The SMILES string of the molecule is Cc1cnc(-c2ccc(O)c(F)c2)[nH]1. The summed E-state index contributed by atoms with van der Waals surface area (Å²) < 4.78 is 13.0. The van der Waals surface area contributed by atoms with Crippen LogP contribution in [-0.2, 0) is 0 Å². The second-order valence-electron chi connectivity index (χ2n) is 3.08. The largest absolute Gasteiger partial charge is 0.505 e. The molecule has 0 atom stereocenters. The number of nitrogens with one attached hydrogen (secondary N) is 1. The Morgan fingerprint density at radius 2 is 2.21 bits per heavy atom. The number of aromatic amines is 1. The highest BCUT2D eigenvalue weighted by Crippen LogP contribution is 2.22. The van der Waals surface area contributed by atoms with Gasteiger partial charge in [0.1, 0.15) is 5.82 Å². The zero-order valence-corrected chi connectivity index (χ0v) is 7.58. The molecule has 0 aliphatic heterocycles. The van der Waals surface area contributed by atoms with E-state index in [2.05, 4.69) is 9.97 Å². The number of aromatic hydroxyl groups is 1. The van der Waals surface area contributed by atoms with Crippen molar-refractivity contribution in [2.75, 3.05) is 0 Å². The predicted octanol–water partition coefficient (Wildman–Crippen LogP) is 2.23. The van der Waals surface area contributed by atoms with Crippen molar-refractivity contribution in [3.05, 3.63) is 35.9 Å². The van der Waals surface area contributed by atoms with E-state index in [9.17, 15) is 4.39 Å². The zero-order chi connectivity index (χ0) is 10.1. The Labute approximate surface area is 80.2 Å². The molecule has 0 fully saturated rings. The molecule has 2 N–H and O–H groups in total. The Kier molecular flexibility index (Phi) is 1.96. The van der Waals surface area contributed by atoms with Gasteiger partial charge in [0.05, 0.1) is 0 Å². The quantitative estimate of drug-likeness (QED) is 0.727. The summed E-state index contributed by atoms with van der Waals surface area (Å²) in [6.45, 7) is 1.87. The van der Waals surface area contributed by atoms with Crippen molar-refractivity contribution in [2.45, 2.75) is 6.92 Å². The van der Waals surface area contributed by atoms with Gasteiger partial charge in [0.25, 0.3) is 0 Å². The number of imidazole rings is 1. The molecule has 72 valence electrons. The molecule has 0 aliphatic carbocycles. The second-order valence-corrected chi connectivity index (χ2v) is 3.08. The predicted molar refractivity (Wildman–Crippen MR) is 50.4 cm³/mol. The maximum absolute atomic E-state index is 13.0. The fourth-order valence-electron chi connectivity index (χ4n) is 1.21. The Bertz CT molecular complexity index is 465. The highest BCUT2D eigenvalue weighted by Gasteiger charge is 2.05. The number of hydrogen-bond donors (Lipinski definition) is 2. The van der Waals surface area contributed by atoms with Gasteiger partial charge in [-0.3, -0.25) is 0 Å². The molecule has 4 heteroatoms. The molecule has 0 amide bonds. The fraction of sp³-hybridized carbons (Fsp3) is 0.100. The average Bonchev–Trinajstić information content (AvgIpc) is 2.57. The Hall–Kier alpha value is -1.84. The molecular formula is C10H9FN2O. The number of nitrogens with zero attached hydrogens (tertiary/aromatic N) is 1. The highest BCUT2D eigenvalue weighted by molar-refractivity contribution is 5.56. The van der Waals surface area contributed by atoms with Crippen molar-refractivity contribution < 1.29 is 9.50 Å². The lowest BCUT2D eigenvalue weighted by molar-refractivity contribution is 0.432. The average molecular weight is 192 g/mol. The molecule has 0 saturated heterocycles. The van der Waals surface area contributed by atoms with Gasteiger partial charge in [-0.25, -0.2) is 9.37 Å². The number of halogens is 1. The smallest absolute Gasteiger partial charge is 0.165 e. The van der Waals surface area contributed by atoms with Gasteiger partial charge in [0.15, 0.2) is 11.6 Å². The Morgan fingerprint density at radius 3 is 2.79 bits per heavy atom. The molecule has 1 aromatic heterocycles. The number of benzene rings is 1. The highest BCUT2D eigenvalue weighted by atomic mass is 19.1. The maximum atomic E-state index is 13.0. The lowest BCUT2D eigenvalue weighted by Gasteiger charge is -1.98. The summed E-state index contributed by atoms with van der Waals surface area (Å²) in [5.41, 5.74) is 1.53. The minimum Gasteiger partial charge on any atom is -0.505 e. The first kappa shape index (κ1) is 8.74. The normalized spacial score (nSPS) is 10.4. The number of phenols is 1. The van der Waals surface area contributed by atoms with Gasteiger partial charge in [-0.05, 0) is 25.1 Å². The van der Waals surface area contributed by atoms with Crippen molar-refractivity contribution in [2.24, 2.45) is 0 Å². The van der Waals surface area contributed by atoms with Crippen LogP contribution in [0.2, 0.25) is 0 Å². The van der Waals surface area contributed by atoms with Gasteiger partial charge in [-0.1, -0.05) is 0 Å². The lowest BCUT2D eigenvalue weighted by atomic mass is 10.2. The van der Waals surface area contributed by atoms with E-state index in [1.807, 2.05) is 6.92 Å². The van der Waals surface area contributed by atoms with E-state index in [0.29, 0.717) is 11.4 Å². The number of H-pyrrole nitrogens is 1. The van der Waals surface area contributed by atoms with Crippen LogP contribution in [0.25, 0.3) is 11.4 Å². The van der Waals surface area contributed by atoms with Crippen molar-refractivity contribution in [3.8, 4) is 17.1 Å². The summed E-state index contributed by atoms with van der Waals surface area (Å²) >= 11 is 0. The first-order valence-electron chi connectivity index (χ1n) is 4.17. The summed E-state index contributed by atoms with van der Waals surface area (Å²) in [6, 6.07) is 4.16. The number of rotatable bonds is 1. The van der Waals surface area contributed by atoms with E-state index >= 15 is 0 Å². The lowest BCUT2D eigenvalue weighted by Crippen LogP contribution is -1.83. The van der Waals surface area contributed by atoms with Gasteiger partial charge >= 0.3 is 0 Å². The van der Waals surface area contributed by atoms with Crippen LogP contribution >= 0.6 is 0 Å². The van der Waals surface area contributed by atoms with E-state index in [1.54, 1.807) is 12.3 Å². The van der Waals surface area contributed by atoms with Crippen molar-refractivity contribution >= 4 is 0 Å². The maximum Gasteiger partial charge on any atom is 0.165 e. The zero-order valence-electron chi connectivity index (χ0n) is 7.58. The van der Waals surface area contributed by atoms with E-state index < -0.39 is 5.82 Å². The minimum absolute atomic E-state index is 0.350. The van der Waals surface area contributed by atoms with E-state index in [1.165, 1.54) is 12.1 Å². The molecule has 0 radical (unpaired) electrons. The van der Waals surface area contributed by atoms with Crippen LogP contribution in [0, 0.1) is 12.7 Å². The number of aromatic nitrogens is 2. The first-order chi connectivity index (χ1) is 6.66. The summed E-state index contributed by atoms with van der Waals surface area (Å²) in [6.07, 6.45) is 1.67. The van der Waals surface area contributed by atoms with Crippen LogP contribution < -0.4 is 0 Å². The molecule has 0 spiro atoms. The third kappa shape index (κ3) is 1.46. The van der Waals surface area contributed by atoms with Crippen molar-refractivity contribution in [1.82, 2.24) is 9.97 Å². The Morgan fingerprint density at radius 1 is 1.43 bits per heavy atom. The van der Waals surface area contributed by atoms with Crippen LogP contribution in [0.1, 0.15) is 5.69 Å². The molecule has 0 aliphatic rings. The van der Waals surface area contributed by atoms with Crippen molar-refractivity contribution in [3.63, 3.8) is 0 Å². The third-order valence-corrected chi connectivity index (χ3v) is 1.92. The Balaban J connectivity index is 2.47. The number of aryl methyl sites for hydroxylation is 1. The molecule has 14 heavy (non-hydrogen) atoms. The molecule has 2 rings (SSSR count). The summed E-state index contributed by atoms with van der Waals surface area (Å²) in [4.78, 5) is 7.03. The van der Waals surface area contributed by atoms with Crippen molar-refractivity contribution in [1.29, 1.82) is 0 Å². The summed E-state index contributed by atoms with van der Waals surface area (Å²) in [7, 11) is 0. The molecular weight excluding hydrogens is 183 g/mol. The fourth-order valence-corrected chi connectivity index (χ4v) is 1.21. The van der Waals surface area contributed by atoms with Crippen LogP contribution in [0.3, 0.4) is 0 Å². The standard InChI is InChI=1S/C10H9FN2O/c1-6-5-12-10(13-6)7-2-3-9(14)8(11)4-7/h2-5,14H,1H3,(H,12,13). The molecule has 3 nitrogen and oxygen atoms in total. The van der Waals surface area contributed by atoms with Crippen LogP contribution in [-0.4, -0.2) is 15.1 Å². The summed E-state index contributed by atoms with van der Waals surface area (Å²) in [5, 5.41) is 8.99. The van der Waals surface area contributed by atoms with Gasteiger partial charge < -0.3 is 10.1 Å². The van der Waals surface area contributed by atoms with Crippen LogP contribution in [0.15, 0.2) is 24.4 Å². The molecule has 1 heterocycles. The molecule has 1 aromatic carbocycles. The first-order valence-corrected chi connectivity index (χ1v) is 4.17. The molecule has 2 aromatic rings. The summed E-state index contributed by atoms with van der Waals surface area (Å²) in [5.74, 6) is -0.394. The molecule has 0 bridgehead atoms. The van der Waals surface area contributed by atoms with Gasteiger partial charge in [-0.15, -0.1) is 0 Å². The van der Waals surface area contributed by atoms with Crippen LogP contribution in [0.5, 0.6) is 5.75 Å². The molecule has 0 unspecified atom stereocenters. The number of phenolic OH excluding ortho intramolecular Hbond substituents is 1. The molecule has 0 saturated carbocycles. The third-order valence-electron chi connectivity index (χ3n) is 1.92. The monoisotopic (exact) mass is 192 g/mol. The topological polar surface area (TPSA) is 48.9 Å². The van der Waals surface area contributed by atoms with E-state index in [0.717, 1.165) is 5.69 Å². The van der Waals surface area contributed by atoms with Gasteiger partial charge in [0, 0.05) is 17.5 Å². The van der Waals surface area contributed by atoms with Crippen LogP contribution in [0.4, 0.5) is 4.39 Å². The van der Waals surface area contributed by atoms with Gasteiger partial charge in [-0.2, -0.15) is 0 Å². The van der Waals surface area contributed by atoms with E-state index in [-0.39, 0.29) is 5.75 Å².